The van der Waals surface area contributed by atoms with Crippen molar-refractivity contribution in [2.75, 3.05) is 18.8 Å². The van der Waals surface area contributed by atoms with Gasteiger partial charge in [-0.2, -0.15) is 0 Å². The lowest BCUT2D eigenvalue weighted by Gasteiger charge is -2.22. The Labute approximate surface area is 124 Å². The van der Waals surface area contributed by atoms with E-state index in [2.05, 4.69) is 18.7 Å². The van der Waals surface area contributed by atoms with Crippen LogP contribution in [0, 0.1) is 16.0 Å². The van der Waals surface area contributed by atoms with Crippen molar-refractivity contribution < 1.29 is 13.3 Å². The lowest BCUT2D eigenvalue weighted by atomic mass is 10.1. The summed E-state index contributed by atoms with van der Waals surface area (Å²) in [6.45, 7) is 5.73. The highest BCUT2D eigenvalue weighted by atomic mass is 32.2. The molecule has 6 nitrogen and oxygen atoms in total. The van der Waals surface area contributed by atoms with E-state index in [1.807, 2.05) is 0 Å². The summed E-state index contributed by atoms with van der Waals surface area (Å²) in [5.74, 6) is 0.633. The van der Waals surface area contributed by atoms with Crippen LogP contribution in [-0.4, -0.2) is 43.1 Å². The number of benzene rings is 1. The first-order valence-corrected chi connectivity index (χ1v) is 8.68. The van der Waals surface area contributed by atoms with Gasteiger partial charge in [0.15, 0.2) is 9.84 Å². The van der Waals surface area contributed by atoms with Crippen LogP contribution in [0.3, 0.4) is 0 Å². The molecule has 1 aromatic carbocycles. The van der Waals surface area contributed by atoms with Crippen LogP contribution >= 0.6 is 0 Å². The fourth-order valence-electron chi connectivity index (χ4n) is 2.62. The molecule has 2 atom stereocenters. The zero-order valence-electron chi connectivity index (χ0n) is 12.2. The molecule has 1 heterocycles. The SMILES string of the molecule is C[C@@H]1CCN(CCS(=O)(=O)c2ccc([N+](=O)[O-])cc2)[C@@H]1C. The van der Waals surface area contributed by atoms with E-state index < -0.39 is 14.8 Å². The summed E-state index contributed by atoms with van der Waals surface area (Å²) < 4.78 is 24.5. The van der Waals surface area contributed by atoms with Crippen LogP contribution in [0.15, 0.2) is 29.2 Å². The maximum atomic E-state index is 12.3. The van der Waals surface area contributed by atoms with E-state index >= 15 is 0 Å². The Hall–Kier alpha value is -1.47. The minimum Gasteiger partial charge on any atom is -0.299 e. The number of rotatable bonds is 5. The van der Waals surface area contributed by atoms with E-state index in [9.17, 15) is 18.5 Å². The zero-order valence-corrected chi connectivity index (χ0v) is 13.0. The first kappa shape index (κ1) is 15.9. The third-order valence-corrected chi connectivity index (χ3v) is 6.04. The molecule has 0 aliphatic carbocycles. The monoisotopic (exact) mass is 312 g/mol. The van der Waals surface area contributed by atoms with Gasteiger partial charge in [-0.3, -0.25) is 15.0 Å². The Morgan fingerprint density at radius 1 is 1.29 bits per heavy atom. The summed E-state index contributed by atoms with van der Waals surface area (Å²) in [4.78, 5) is 12.4. The van der Waals surface area contributed by atoms with Gasteiger partial charge in [-0.25, -0.2) is 8.42 Å². The molecule has 1 fully saturated rings. The van der Waals surface area contributed by atoms with Crippen LogP contribution in [0.1, 0.15) is 20.3 Å². The number of hydrogen-bond donors (Lipinski definition) is 0. The van der Waals surface area contributed by atoms with E-state index in [1.54, 1.807) is 0 Å². The molecule has 7 heteroatoms. The van der Waals surface area contributed by atoms with Gasteiger partial charge in [0, 0.05) is 24.7 Å². The van der Waals surface area contributed by atoms with Gasteiger partial charge in [0.2, 0.25) is 0 Å². The van der Waals surface area contributed by atoms with Crippen molar-refractivity contribution in [1.82, 2.24) is 4.90 Å². The van der Waals surface area contributed by atoms with Gasteiger partial charge in [-0.1, -0.05) is 6.92 Å². The second kappa shape index (κ2) is 6.11. The van der Waals surface area contributed by atoms with Gasteiger partial charge in [-0.05, 0) is 37.9 Å². The topological polar surface area (TPSA) is 80.5 Å². The number of nitro groups is 1. The molecule has 1 aromatic rings. The summed E-state index contributed by atoms with van der Waals surface area (Å²) in [5.41, 5.74) is -0.101. The Morgan fingerprint density at radius 2 is 1.90 bits per heavy atom. The molecule has 0 spiro atoms. The summed E-state index contributed by atoms with van der Waals surface area (Å²) in [7, 11) is -3.40. The van der Waals surface area contributed by atoms with Crippen LogP contribution in [0.2, 0.25) is 0 Å². The van der Waals surface area contributed by atoms with Gasteiger partial charge in [0.05, 0.1) is 15.6 Å². The van der Waals surface area contributed by atoms with Crippen LogP contribution in [0.5, 0.6) is 0 Å². The average molecular weight is 312 g/mol. The molecule has 116 valence electrons. The molecule has 0 aromatic heterocycles. The van der Waals surface area contributed by atoms with Crippen molar-refractivity contribution in [3.8, 4) is 0 Å². The fraction of sp³-hybridized carbons (Fsp3) is 0.571. The van der Waals surface area contributed by atoms with Crippen molar-refractivity contribution in [2.45, 2.75) is 31.2 Å². The van der Waals surface area contributed by atoms with Gasteiger partial charge in [0.25, 0.3) is 5.69 Å². The predicted molar refractivity (Wildman–Crippen MR) is 80.0 cm³/mol. The van der Waals surface area contributed by atoms with Gasteiger partial charge in [0.1, 0.15) is 0 Å². The standard InChI is InChI=1S/C14H20N2O4S/c1-11-7-8-15(12(11)2)9-10-21(19,20)14-5-3-13(4-6-14)16(17)18/h3-6,11-12H,7-10H2,1-2H3/t11-,12-/m1/s1. The van der Waals surface area contributed by atoms with Crippen molar-refractivity contribution in [2.24, 2.45) is 5.92 Å². The molecule has 1 saturated heterocycles. The summed E-state index contributed by atoms with van der Waals surface area (Å²) in [6.07, 6.45) is 1.10. The largest absolute Gasteiger partial charge is 0.299 e. The first-order chi connectivity index (χ1) is 9.81. The van der Waals surface area contributed by atoms with Gasteiger partial charge in [-0.15, -0.1) is 0 Å². The second-order valence-electron chi connectivity index (χ2n) is 5.61. The molecule has 21 heavy (non-hydrogen) atoms. The lowest BCUT2D eigenvalue weighted by molar-refractivity contribution is -0.384. The van der Waals surface area contributed by atoms with Gasteiger partial charge < -0.3 is 0 Å². The van der Waals surface area contributed by atoms with Crippen LogP contribution in [0.4, 0.5) is 5.69 Å². The Balaban J connectivity index is 2.03. The highest BCUT2D eigenvalue weighted by Gasteiger charge is 2.28. The summed E-state index contributed by atoms with van der Waals surface area (Å²) >= 11 is 0. The molecule has 2 rings (SSSR count). The van der Waals surface area contributed by atoms with E-state index in [0.717, 1.165) is 13.0 Å². The van der Waals surface area contributed by atoms with E-state index in [0.29, 0.717) is 18.5 Å². The molecule has 1 aliphatic heterocycles. The first-order valence-electron chi connectivity index (χ1n) is 7.02. The minimum atomic E-state index is -3.40. The number of nitro benzene ring substituents is 1. The van der Waals surface area contributed by atoms with Crippen molar-refractivity contribution in [3.05, 3.63) is 34.4 Å². The van der Waals surface area contributed by atoms with E-state index in [-0.39, 0.29) is 16.3 Å². The lowest BCUT2D eigenvalue weighted by Crippen LogP contribution is -2.33. The second-order valence-corrected chi connectivity index (χ2v) is 7.72. The Kier molecular flexibility index (Phi) is 4.63. The molecular formula is C14H20N2O4S. The minimum absolute atomic E-state index is 0.0435. The van der Waals surface area contributed by atoms with Crippen LogP contribution in [0.25, 0.3) is 0 Å². The van der Waals surface area contributed by atoms with Crippen LogP contribution in [-0.2, 0) is 9.84 Å². The Bertz CT molecular complexity index is 612. The number of sulfone groups is 1. The number of non-ortho nitro benzene ring substituents is 1. The quantitative estimate of drug-likeness (QED) is 0.614. The Morgan fingerprint density at radius 3 is 2.38 bits per heavy atom. The number of hydrogen-bond acceptors (Lipinski definition) is 5. The summed E-state index contributed by atoms with van der Waals surface area (Å²) in [6, 6.07) is 5.48. The molecule has 0 unspecified atom stereocenters. The van der Waals surface area contributed by atoms with Crippen molar-refractivity contribution in [1.29, 1.82) is 0 Å². The maximum absolute atomic E-state index is 12.3. The smallest absolute Gasteiger partial charge is 0.269 e. The van der Waals surface area contributed by atoms with E-state index in [1.165, 1.54) is 24.3 Å². The molecule has 1 aliphatic rings. The number of nitrogens with zero attached hydrogens (tertiary/aromatic N) is 2. The molecular weight excluding hydrogens is 292 g/mol. The predicted octanol–water partition coefficient (Wildman–Crippen LogP) is 2.10. The molecule has 0 N–H and O–H groups in total. The molecule has 0 saturated carbocycles. The third kappa shape index (κ3) is 3.59. The molecule has 0 amide bonds. The number of likely N-dealkylation sites (tertiary alicyclic amines) is 1. The van der Waals surface area contributed by atoms with Crippen molar-refractivity contribution >= 4 is 15.5 Å². The van der Waals surface area contributed by atoms with Crippen LogP contribution < -0.4 is 0 Å². The molecule has 0 radical (unpaired) electrons. The zero-order chi connectivity index (χ0) is 15.6. The highest BCUT2D eigenvalue weighted by molar-refractivity contribution is 7.91. The average Bonchev–Trinajstić information content (AvgIpc) is 2.77. The normalized spacial score (nSPS) is 23.3. The van der Waals surface area contributed by atoms with E-state index in [4.69, 9.17) is 0 Å². The van der Waals surface area contributed by atoms with Crippen molar-refractivity contribution in [3.63, 3.8) is 0 Å². The highest BCUT2D eigenvalue weighted by Crippen LogP contribution is 2.24. The van der Waals surface area contributed by atoms with Gasteiger partial charge >= 0.3 is 0 Å². The fourth-order valence-corrected chi connectivity index (χ4v) is 3.88. The third-order valence-electron chi connectivity index (χ3n) is 4.33. The molecule has 0 bridgehead atoms. The maximum Gasteiger partial charge on any atom is 0.269 e. The summed E-state index contributed by atoms with van der Waals surface area (Å²) in [5, 5.41) is 10.6.